The first kappa shape index (κ1) is 15.0. The van der Waals surface area contributed by atoms with E-state index in [2.05, 4.69) is 0 Å². The van der Waals surface area contributed by atoms with Gasteiger partial charge in [0.2, 0.25) is 5.78 Å². The monoisotopic (exact) mass is 305 g/mol. The van der Waals surface area contributed by atoms with Gasteiger partial charge in [0.15, 0.2) is 6.10 Å². The van der Waals surface area contributed by atoms with Crippen LogP contribution < -0.4 is 4.74 Å². The Morgan fingerprint density at radius 1 is 1.24 bits per heavy atom. The number of nitro benzene ring substituents is 1. The van der Waals surface area contributed by atoms with Gasteiger partial charge in [-0.2, -0.15) is 0 Å². The van der Waals surface area contributed by atoms with Gasteiger partial charge in [0.1, 0.15) is 5.75 Å². The zero-order valence-electron chi connectivity index (χ0n) is 11.2. The van der Waals surface area contributed by atoms with E-state index in [1.54, 1.807) is 37.3 Å². The van der Waals surface area contributed by atoms with Crippen molar-refractivity contribution in [3.05, 3.63) is 69.2 Å². The van der Waals surface area contributed by atoms with E-state index in [-0.39, 0.29) is 22.2 Å². The van der Waals surface area contributed by atoms with Crippen LogP contribution in [0.15, 0.2) is 48.5 Å². The Bertz CT molecular complexity index is 673. The number of nitrogens with zero attached hydrogens (tertiary/aromatic N) is 1. The Morgan fingerprint density at radius 2 is 1.90 bits per heavy atom. The maximum absolute atomic E-state index is 12.2. The number of carbonyl (C=O) groups excluding carboxylic acids is 1. The lowest BCUT2D eigenvalue weighted by Crippen LogP contribution is -2.24. The molecule has 2 aromatic rings. The normalized spacial score (nSPS) is 11.7. The van der Waals surface area contributed by atoms with Crippen LogP contribution in [-0.2, 0) is 0 Å². The summed E-state index contributed by atoms with van der Waals surface area (Å²) in [7, 11) is 0. The van der Waals surface area contributed by atoms with Gasteiger partial charge >= 0.3 is 0 Å². The second-order valence-corrected chi connectivity index (χ2v) is 4.77. The standard InChI is InChI=1S/C15H12ClNO4/c1-10(15(18)11-5-3-2-4-6-11)21-14-9-12(17(19)20)7-8-13(14)16/h2-10H,1H3. The van der Waals surface area contributed by atoms with E-state index in [9.17, 15) is 14.9 Å². The molecule has 0 spiro atoms. The summed E-state index contributed by atoms with van der Waals surface area (Å²) in [5.74, 6) is -0.110. The number of rotatable bonds is 5. The van der Waals surface area contributed by atoms with Crippen LogP contribution in [0.1, 0.15) is 17.3 Å². The Labute approximate surface area is 126 Å². The lowest BCUT2D eigenvalue weighted by molar-refractivity contribution is -0.384. The van der Waals surface area contributed by atoms with E-state index in [1.165, 1.54) is 18.2 Å². The molecule has 5 nitrogen and oxygen atoms in total. The van der Waals surface area contributed by atoms with E-state index >= 15 is 0 Å². The van der Waals surface area contributed by atoms with Gasteiger partial charge in [-0.25, -0.2) is 0 Å². The number of hydrogen-bond donors (Lipinski definition) is 0. The van der Waals surface area contributed by atoms with Crippen LogP contribution >= 0.6 is 11.6 Å². The van der Waals surface area contributed by atoms with Gasteiger partial charge in [-0.15, -0.1) is 0 Å². The van der Waals surface area contributed by atoms with E-state index in [4.69, 9.17) is 16.3 Å². The molecule has 0 aliphatic rings. The summed E-state index contributed by atoms with van der Waals surface area (Å²) in [6.45, 7) is 1.57. The fourth-order valence-corrected chi connectivity index (χ4v) is 1.94. The van der Waals surface area contributed by atoms with E-state index < -0.39 is 11.0 Å². The fraction of sp³-hybridized carbons (Fsp3) is 0.133. The predicted octanol–water partition coefficient (Wildman–Crippen LogP) is 3.90. The zero-order chi connectivity index (χ0) is 15.4. The molecule has 0 fully saturated rings. The van der Waals surface area contributed by atoms with Crippen molar-refractivity contribution in [2.75, 3.05) is 0 Å². The number of ether oxygens (including phenoxy) is 1. The highest BCUT2D eigenvalue weighted by Crippen LogP contribution is 2.30. The molecule has 0 saturated carbocycles. The summed E-state index contributed by atoms with van der Waals surface area (Å²) in [5, 5.41) is 11.0. The van der Waals surface area contributed by atoms with Gasteiger partial charge in [-0.3, -0.25) is 14.9 Å². The van der Waals surface area contributed by atoms with Gasteiger partial charge in [-0.05, 0) is 13.0 Å². The lowest BCUT2D eigenvalue weighted by atomic mass is 10.1. The topological polar surface area (TPSA) is 69.4 Å². The molecule has 0 heterocycles. The molecule has 0 aromatic heterocycles. The number of Topliss-reactive ketones (excluding diaryl/α,β-unsaturated/α-hetero) is 1. The minimum Gasteiger partial charge on any atom is -0.481 e. The van der Waals surface area contributed by atoms with Crippen molar-refractivity contribution in [1.82, 2.24) is 0 Å². The van der Waals surface area contributed by atoms with Gasteiger partial charge in [0.25, 0.3) is 5.69 Å². The molecular weight excluding hydrogens is 294 g/mol. The third-order valence-electron chi connectivity index (χ3n) is 2.86. The number of ketones is 1. The number of nitro groups is 1. The molecule has 0 aliphatic carbocycles. The average molecular weight is 306 g/mol. The smallest absolute Gasteiger partial charge is 0.273 e. The van der Waals surface area contributed by atoms with Crippen LogP contribution in [0, 0.1) is 10.1 Å². The van der Waals surface area contributed by atoms with Crippen LogP contribution in [0.5, 0.6) is 5.75 Å². The molecule has 0 N–H and O–H groups in total. The molecule has 2 aromatic carbocycles. The highest BCUT2D eigenvalue weighted by atomic mass is 35.5. The van der Waals surface area contributed by atoms with Crippen LogP contribution in [0.25, 0.3) is 0 Å². The van der Waals surface area contributed by atoms with Crippen molar-refractivity contribution in [3.63, 3.8) is 0 Å². The quantitative estimate of drug-likeness (QED) is 0.477. The first-order valence-electron chi connectivity index (χ1n) is 6.19. The molecule has 2 rings (SSSR count). The van der Waals surface area contributed by atoms with Crippen molar-refractivity contribution in [2.24, 2.45) is 0 Å². The number of benzene rings is 2. The van der Waals surface area contributed by atoms with Gasteiger partial charge in [-0.1, -0.05) is 41.9 Å². The molecule has 0 amide bonds. The third-order valence-corrected chi connectivity index (χ3v) is 3.17. The van der Waals surface area contributed by atoms with Crippen molar-refractivity contribution >= 4 is 23.1 Å². The highest BCUT2D eigenvalue weighted by Gasteiger charge is 2.19. The minimum absolute atomic E-state index is 0.114. The zero-order valence-corrected chi connectivity index (χ0v) is 11.9. The molecule has 21 heavy (non-hydrogen) atoms. The van der Waals surface area contributed by atoms with Crippen molar-refractivity contribution < 1.29 is 14.5 Å². The molecule has 0 saturated heterocycles. The van der Waals surface area contributed by atoms with E-state index in [1.807, 2.05) is 0 Å². The predicted molar refractivity (Wildman–Crippen MR) is 79.0 cm³/mol. The number of hydrogen-bond acceptors (Lipinski definition) is 4. The van der Waals surface area contributed by atoms with Crippen molar-refractivity contribution in [1.29, 1.82) is 0 Å². The molecule has 108 valence electrons. The first-order valence-corrected chi connectivity index (χ1v) is 6.56. The number of non-ortho nitro benzene ring substituents is 1. The summed E-state index contributed by atoms with van der Waals surface area (Å²) in [5.41, 5.74) is 0.361. The van der Waals surface area contributed by atoms with Gasteiger partial charge in [0.05, 0.1) is 16.0 Å². The summed E-state index contributed by atoms with van der Waals surface area (Å²) < 4.78 is 5.47. The first-order chi connectivity index (χ1) is 9.99. The molecule has 0 bridgehead atoms. The molecule has 0 radical (unpaired) electrons. The van der Waals surface area contributed by atoms with Gasteiger partial charge < -0.3 is 4.74 Å². The molecule has 1 unspecified atom stereocenters. The maximum Gasteiger partial charge on any atom is 0.273 e. The van der Waals surface area contributed by atoms with Gasteiger partial charge in [0, 0.05) is 11.6 Å². The Morgan fingerprint density at radius 3 is 2.52 bits per heavy atom. The summed E-state index contributed by atoms with van der Waals surface area (Å²) in [4.78, 5) is 22.4. The average Bonchev–Trinajstić information content (AvgIpc) is 2.49. The van der Waals surface area contributed by atoms with Crippen molar-refractivity contribution in [2.45, 2.75) is 13.0 Å². The second kappa shape index (κ2) is 6.37. The van der Waals surface area contributed by atoms with Crippen molar-refractivity contribution in [3.8, 4) is 5.75 Å². The Hall–Kier alpha value is -2.40. The van der Waals surface area contributed by atoms with E-state index in [0.29, 0.717) is 5.56 Å². The maximum atomic E-state index is 12.2. The van der Waals surface area contributed by atoms with Crippen LogP contribution in [0.3, 0.4) is 0 Å². The molecule has 0 aliphatic heterocycles. The summed E-state index contributed by atoms with van der Waals surface area (Å²) in [6.07, 6.45) is -0.799. The lowest BCUT2D eigenvalue weighted by Gasteiger charge is -2.14. The number of halogens is 1. The minimum atomic E-state index is -0.799. The Kier molecular flexibility index (Phi) is 4.55. The molecule has 1 atom stereocenters. The van der Waals surface area contributed by atoms with Crippen LogP contribution in [-0.4, -0.2) is 16.8 Å². The highest BCUT2D eigenvalue weighted by molar-refractivity contribution is 6.32. The van der Waals surface area contributed by atoms with Crippen LogP contribution in [0.4, 0.5) is 5.69 Å². The van der Waals surface area contributed by atoms with E-state index in [0.717, 1.165) is 0 Å². The second-order valence-electron chi connectivity index (χ2n) is 4.36. The largest absolute Gasteiger partial charge is 0.481 e. The molecule has 6 heteroatoms. The summed E-state index contributed by atoms with van der Waals surface area (Å²) in [6, 6.07) is 12.5. The third kappa shape index (κ3) is 3.58. The molecular formula is C15H12ClNO4. The Balaban J connectivity index is 2.19. The summed E-state index contributed by atoms with van der Waals surface area (Å²) >= 11 is 5.94. The number of carbonyl (C=O) groups is 1. The van der Waals surface area contributed by atoms with Crippen LogP contribution in [0.2, 0.25) is 5.02 Å². The SMILES string of the molecule is CC(Oc1cc([N+](=O)[O-])ccc1Cl)C(=O)c1ccccc1. The fourth-order valence-electron chi connectivity index (χ4n) is 1.78.